The van der Waals surface area contributed by atoms with Gasteiger partial charge in [-0.1, -0.05) is 42.1 Å². The number of imidazole rings is 1. The highest BCUT2D eigenvalue weighted by Crippen LogP contribution is 2.26. The number of benzene rings is 2. The Morgan fingerprint density at radius 3 is 2.73 bits per heavy atom. The largest absolute Gasteiger partial charge is 0.497 e. The first kappa shape index (κ1) is 14.7. The summed E-state index contributed by atoms with van der Waals surface area (Å²) < 4.78 is 7.22. The molecule has 0 saturated heterocycles. The number of aryl methyl sites for hydroxylation is 1. The molecule has 1 aromatic heterocycles. The fraction of sp³-hybridized carbons (Fsp3) is 0.176. The van der Waals surface area contributed by atoms with Crippen LogP contribution in [0.5, 0.6) is 5.75 Å². The molecule has 5 heteroatoms. The first-order chi connectivity index (χ1) is 10.7. The van der Waals surface area contributed by atoms with E-state index in [1.54, 1.807) is 7.11 Å². The molecule has 1 heterocycles. The number of Topliss-reactive ketones (excluding diaryl/α,β-unsaturated/α-hetero) is 1. The van der Waals surface area contributed by atoms with Crippen LogP contribution in [-0.2, 0) is 7.05 Å². The lowest BCUT2D eigenvalue weighted by Gasteiger charge is -2.02. The number of ether oxygens (including phenoxy) is 1. The second-order valence-corrected chi connectivity index (χ2v) is 5.83. The Kier molecular flexibility index (Phi) is 4.15. The highest BCUT2D eigenvalue weighted by atomic mass is 32.2. The van der Waals surface area contributed by atoms with Gasteiger partial charge in [-0.15, -0.1) is 0 Å². The monoisotopic (exact) mass is 312 g/mol. The lowest BCUT2D eigenvalue weighted by Crippen LogP contribution is -2.03. The quantitative estimate of drug-likeness (QED) is 0.534. The normalized spacial score (nSPS) is 10.8. The lowest BCUT2D eigenvalue weighted by atomic mass is 10.2. The number of methoxy groups -OCH3 is 1. The maximum Gasteiger partial charge on any atom is 0.173 e. The van der Waals surface area contributed by atoms with Crippen molar-refractivity contribution >= 4 is 28.6 Å². The summed E-state index contributed by atoms with van der Waals surface area (Å²) in [5.41, 5.74) is 2.63. The average Bonchev–Trinajstić information content (AvgIpc) is 2.89. The Hall–Kier alpha value is -2.27. The van der Waals surface area contributed by atoms with Crippen molar-refractivity contribution in [1.29, 1.82) is 0 Å². The zero-order valence-corrected chi connectivity index (χ0v) is 13.3. The molecule has 0 radical (unpaired) electrons. The number of hydrogen-bond donors (Lipinski definition) is 0. The number of ketones is 1. The van der Waals surface area contributed by atoms with Crippen LogP contribution < -0.4 is 4.74 Å². The molecule has 3 aromatic rings. The van der Waals surface area contributed by atoms with Gasteiger partial charge in [0, 0.05) is 18.7 Å². The topological polar surface area (TPSA) is 44.1 Å². The third-order valence-corrected chi connectivity index (χ3v) is 4.50. The molecular weight excluding hydrogens is 296 g/mol. The summed E-state index contributed by atoms with van der Waals surface area (Å²) in [5.74, 6) is 1.26. The zero-order chi connectivity index (χ0) is 15.5. The first-order valence-electron chi connectivity index (χ1n) is 6.90. The fourth-order valence-electron chi connectivity index (χ4n) is 2.25. The minimum absolute atomic E-state index is 0.107. The molecule has 0 aliphatic rings. The van der Waals surface area contributed by atoms with Crippen LogP contribution in [0.25, 0.3) is 11.0 Å². The van der Waals surface area contributed by atoms with Crippen molar-refractivity contribution in [3.63, 3.8) is 0 Å². The summed E-state index contributed by atoms with van der Waals surface area (Å²) >= 11 is 1.45. The van der Waals surface area contributed by atoms with E-state index in [0.29, 0.717) is 5.75 Å². The molecular formula is C17H16N2O2S. The first-order valence-corrected chi connectivity index (χ1v) is 7.89. The third kappa shape index (κ3) is 2.85. The van der Waals surface area contributed by atoms with Crippen LogP contribution in [0.4, 0.5) is 0 Å². The molecule has 22 heavy (non-hydrogen) atoms. The van der Waals surface area contributed by atoms with Crippen molar-refractivity contribution in [1.82, 2.24) is 9.55 Å². The summed E-state index contributed by atoms with van der Waals surface area (Å²) in [5, 5.41) is 0.826. The number of aromatic nitrogens is 2. The van der Waals surface area contributed by atoms with E-state index in [1.165, 1.54) is 11.8 Å². The molecule has 0 spiro atoms. The smallest absolute Gasteiger partial charge is 0.173 e. The molecule has 0 saturated carbocycles. The van der Waals surface area contributed by atoms with E-state index in [-0.39, 0.29) is 5.78 Å². The van der Waals surface area contributed by atoms with Gasteiger partial charge in [-0.05, 0) is 12.1 Å². The van der Waals surface area contributed by atoms with Gasteiger partial charge in [-0.25, -0.2) is 4.98 Å². The Morgan fingerprint density at radius 2 is 2.00 bits per heavy atom. The van der Waals surface area contributed by atoms with Gasteiger partial charge < -0.3 is 9.30 Å². The molecule has 0 aliphatic carbocycles. The summed E-state index contributed by atoms with van der Waals surface area (Å²) in [6.45, 7) is 0. The predicted molar refractivity (Wildman–Crippen MR) is 88.8 cm³/mol. The van der Waals surface area contributed by atoms with Gasteiger partial charge in [0.1, 0.15) is 5.75 Å². The SMILES string of the molecule is COc1ccc2c(c1)nc(SCC(=O)c1ccccc1)n2C. The lowest BCUT2D eigenvalue weighted by molar-refractivity contribution is 0.102. The van der Waals surface area contributed by atoms with Gasteiger partial charge in [0.2, 0.25) is 0 Å². The van der Waals surface area contributed by atoms with Crippen molar-refractivity contribution in [2.24, 2.45) is 7.05 Å². The third-order valence-electron chi connectivity index (χ3n) is 3.48. The van der Waals surface area contributed by atoms with Crippen LogP contribution in [0.3, 0.4) is 0 Å². The van der Waals surface area contributed by atoms with Gasteiger partial charge in [0.05, 0.1) is 23.9 Å². The Morgan fingerprint density at radius 1 is 1.23 bits per heavy atom. The highest BCUT2D eigenvalue weighted by molar-refractivity contribution is 7.99. The number of rotatable bonds is 5. The van der Waals surface area contributed by atoms with Crippen molar-refractivity contribution in [2.45, 2.75) is 5.16 Å². The van der Waals surface area contributed by atoms with E-state index in [2.05, 4.69) is 4.98 Å². The van der Waals surface area contributed by atoms with Crippen LogP contribution in [0.15, 0.2) is 53.7 Å². The van der Waals surface area contributed by atoms with Crippen molar-refractivity contribution < 1.29 is 9.53 Å². The van der Waals surface area contributed by atoms with E-state index in [1.807, 2.05) is 60.1 Å². The van der Waals surface area contributed by atoms with E-state index in [0.717, 1.165) is 27.5 Å². The molecule has 0 N–H and O–H groups in total. The maximum absolute atomic E-state index is 12.2. The van der Waals surface area contributed by atoms with Gasteiger partial charge >= 0.3 is 0 Å². The van der Waals surface area contributed by atoms with E-state index in [9.17, 15) is 4.79 Å². The minimum atomic E-state index is 0.107. The Balaban J connectivity index is 1.79. The van der Waals surface area contributed by atoms with E-state index < -0.39 is 0 Å². The predicted octanol–water partition coefficient (Wildman–Crippen LogP) is 3.56. The number of hydrogen-bond acceptors (Lipinski definition) is 4. The Bertz CT molecular complexity index is 812. The summed E-state index contributed by atoms with van der Waals surface area (Å²) in [4.78, 5) is 16.7. The molecule has 112 valence electrons. The second kappa shape index (κ2) is 6.23. The molecule has 2 aromatic carbocycles. The molecule has 0 aliphatic heterocycles. The van der Waals surface area contributed by atoms with E-state index >= 15 is 0 Å². The number of fused-ring (bicyclic) bond motifs is 1. The highest BCUT2D eigenvalue weighted by Gasteiger charge is 2.12. The standard InChI is InChI=1S/C17H16N2O2S/c1-19-15-9-8-13(21-2)10-14(15)18-17(19)22-11-16(20)12-6-4-3-5-7-12/h3-10H,11H2,1-2H3. The number of thioether (sulfide) groups is 1. The van der Waals surface area contributed by atoms with Gasteiger partial charge in [0.25, 0.3) is 0 Å². The summed E-state index contributed by atoms with van der Waals surface area (Å²) in [6.07, 6.45) is 0. The van der Waals surface area contributed by atoms with Crippen molar-refractivity contribution in [3.8, 4) is 5.75 Å². The number of carbonyl (C=O) groups is 1. The molecule has 0 unspecified atom stereocenters. The molecule has 0 atom stereocenters. The van der Waals surface area contributed by atoms with Crippen LogP contribution >= 0.6 is 11.8 Å². The van der Waals surface area contributed by atoms with Crippen LogP contribution in [0, 0.1) is 0 Å². The summed E-state index contributed by atoms with van der Waals surface area (Å²) in [7, 11) is 3.59. The number of nitrogens with zero attached hydrogens (tertiary/aromatic N) is 2. The molecule has 0 bridgehead atoms. The van der Waals surface area contributed by atoms with Crippen LogP contribution in [0.1, 0.15) is 10.4 Å². The second-order valence-electron chi connectivity index (χ2n) is 4.89. The minimum Gasteiger partial charge on any atom is -0.497 e. The van der Waals surface area contributed by atoms with E-state index in [4.69, 9.17) is 4.74 Å². The van der Waals surface area contributed by atoms with Crippen molar-refractivity contribution in [2.75, 3.05) is 12.9 Å². The summed E-state index contributed by atoms with van der Waals surface area (Å²) in [6, 6.07) is 15.1. The maximum atomic E-state index is 12.2. The molecule has 4 nitrogen and oxygen atoms in total. The van der Waals surface area contributed by atoms with Gasteiger partial charge in [-0.3, -0.25) is 4.79 Å². The average molecular weight is 312 g/mol. The Labute approximate surface area is 133 Å². The molecule has 0 fully saturated rings. The van der Waals surface area contributed by atoms with Crippen molar-refractivity contribution in [3.05, 3.63) is 54.1 Å². The zero-order valence-electron chi connectivity index (χ0n) is 12.4. The van der Waals surface area contributed by atoms with Crippen LogP contribution in [0.2, 0.25) is 0 Å². The van der Waals surface area contributed by atoms with Gasteiger partial charge in [-0.2, -0.15) is 0 Å². The van der Waals surface area contributed by atoms with Gasteiger partial charge in [0.15, 0.2) is 10.9 Å². The molecule has 3 rings (SSSR count). The fourth-order valence-corrected chi connectivity index (χ4v) is 3.13. The number of carbonyl (C=O) groups excluding carboxylic acids is 1. The molecule has 0 amide bonds. The van der Waals surface area contributed by atoms with Crippen LogP contribution in [-0.4, -0.2) is 28.2 Å².